The van der Waals surface area contributed by atoms with Gasteiger partial charge in [-0.3, -0.25) is 9.59 Å². The number of aryl methyl sites for hydroxylation is 2. The molecule has 0 aliphatic heterocycles. The molecule has 2 amide bonds. The summed E-state index contributed by atoms with van der Waals surface area (Å²) in [5, 5.41) is 5.44. The molecule has 30 heavy (non-hydrogen) atoms. The molecule has 2 aromatic carbocycles. The molecular weight excluding hydrogens is 384 g/mol. The second kappa shape index (κ2) is 9.76. The summed E-state index contributed by atoms with van der Waals surface area (Å²) in [5.74, 6) is 0.896. The quantitative estimate of drug-likeness (QED) is 0.580. The second-order valence-electron chi connectivity index (χ2n) is 6.84. The number of furan rings is 1. The zero-order valence-electron chi connectivity index (χ0n) is 17.2. The molecular formula is C23H24N2O5. The van der Waals surface area contributed by atoms with E-state index in [9.17, 15) is 9.59 Å². The fraction of sp³-hybridized carbons (Fsp3) is 0.217. The Morgan fingerprint density at radius 3 is 2.30 bits per heavy atom. The number of amides is 2. The van der Waals surface area contributed by atoms with Crippen LogP contribution in [0.4, 0.5) is 11.4 Å². The van der Waals surface area contributed by atoms with Gasteiger partial charge < -0.3 is 24.5 Å². The monoisotopic (exact) mass is 408 g/mol. The lowest BCUT2D eigenvalue weighted by atomic mass is 10.1. The number of hydrogen-bond donors (Lipinski definition) is 2. The van der Waals surface area contributed by atoms with Gasteiger partial charge in [0.2, 0.25) is 5.91 Å². The van der Waals surface area contributed by atoms with E-state index in [1.165, 1.54) is 12.7 Å². The summed E-state index contributed by atoms with van der Waals surface area (Å²) in [6, 6.07) is 16.0. The summed E-state index contributed by atoms with van der Waals surface area (Å²) >= 11 is 0. The zero-order chi connectivity index (χ0) is 21.5. The van der Waals surface area contributed by atoms with Crippen LogP contribution >= 0.6 is 0 Å². The molecule has 0 aliphatic rings. The van der Waals surface area contributed by atoms with Crippen LogP contribution in [-0.4, -0.2) is 25.5 Å². The van der Waals surface area contributed by atoms with Gasteiger partial charge >= 0.3 is 0 Å². The first-order chi connectivity index (χ1) is 14.4. The van der Waals surface area contributed by atoms with E-state index in [2.05, 4.69) is 10.6 Å². The van der Waals surface area contributed by atoms with Crippen molar-refractivity contribution >= 4 is 23.2 Å². The van der Waals surface area contributed by atoms with E-state index in [-0.39, 0.29) is 30.8 Å². The molecule has 1 heterocycles. The first-order valence-electron chi connectivity index (χ1n) is 9.43. The van der Waals surface area contributed by atoms with E-state index in [4.69, 9.17) is 13.9 Å². The van der Waals surface area contributed by atoms with Crippen molar-refractivity contribution in [1.29, 1.82) is 0 Å². The highest BCUT2D eigenvalue weighted by molar-refractivity contribution is 6.02. The van der Waals surface area contributed by atoms with Crippen molar-refractivity contribution in [2.45, 2.75) is 20.5 Å². The Morgan fingerprint density at radius 2 is 1.63 bits per heavy atom. The lowest BCUT2D eigenvalue weighted by Crippen LogP contribution is -2.17. The van der Waals surface area contributed by atoms with Gasteiger partial charge in [0.1, 0.15) is 24.7 Å². The van der Waals surface area contributed by atoms with Crippen LogP contribution in [0.25, 0.3) is 0 Å². The number of ether oxygens (including phenoxy) is 2. The Kier molecular flexibility index (Phi) is 6.87. The van der Waals surface area contributed by atoms with Crippen LogP contribution in [-0.2, 0) is 16.1 Å². The van der Waals surface area contributed by atoms with Gasteiger partial charge in [-0.15, -0.1) is 0 Å². The smallest absolute Gasteiger partial charge is 0.291 e. The van der Waals surface area contributed by atoms with Crippen molar-refractivity contribution in [3.63, 3.8) is 0 Å². The van der Waals surface area contributed by atoms with E-state index in [0.29, 0.717) is 17.1 Å². The molecule has 0 bridgehead atoms. The Bertz CT molecular complexity index is 1020. The molecule has 0 saturated carbocycles. The van der Waals surface area contributed by atoms with Gasteiger partial charge in [-0.25, -0.2) is 0 Å². The molecule has 7 nitrogen and oxygen atoms in total. The Labute approximate surface area is 175 Å². The van der Waals surface area contributed by atoms with E-state index < -0.39 is 0 Å². The Hall–Kier alpha value is -3.58. The number of rotatable bonds is 8. The number of carbonyl (C=O) groups is 2. The molecule has 0 atom stereocenters. The van der Waals surface area contributed by atoms with Gasteiger partial charge in [0.25, 0.3) is 5.91 Å². The zero-order valence-corrected chi connectivity index (χ0v) is 17.2. The maximum Gasteiger partial charge on any atom is 0.291 e. The largest absolute Gasteiger partial charge is 0.485 e. The fourth-order valence-electron chi connectivity index (χ4n) is 2.85. The van der Waals surface area contributed by atoms with Crippen molar-refractivity contribution in [3.8, 4) is 5.75 Å². The molecule has 0 fully saturated rings. The molecule has 0 radical (unpaired) electrons. The summed E-state index contributed by atoms with van der Waals surface area (Å²) in [6.07, 6.45) is 0. The highest BCUT2D eigenvalue weighted by Crippen LogP contribution is 2.21. The predicted molar refractivity (Wildman–Crippen MR) is 114 cm³/mol. The summed E-state index contributed by atoms with van der Waals surface area (Å²) in [6.45, 7) is 4.22. The first kappa shape index (κ1) is 21.1. The summed E-state index contributed by atoms with van der Waals surface area (Å²) in [5.41, 5.74) is 3.40. The highest BCUT2D eigenvalue weighted by atomic mass is 16.5. The maximum absolute atomic E-state index is 12.4. The molecule has 3 aromatic rings. The fourth-order valence-corrected chi connectivity index (χ4v) is 2.85. The molecule has 0 saturated heterocycles. The SMILES string of the molecule is COCC(=O)Nc1ccc(NC(=O)c2ccc(COc3ccc(C)cc3C)o2)cc1. The lowest BCUT2D eigenvalue weighted by Gasteiger charge is -2.08. The van der Waals surface area contributed by atoms with Crippen molar-refractivity contribution in [2.24, 2.45) is 0 Å². The van der Waals surface area contributed by atoms with Gasteiger partial charge in [0.05, 0.1) is 0 Å². The summed E-state index contributed by atoms with van der Waals surface area (Å²) in [4.78, 5) is 23.9. The van der Waals surface area contributed by atoms with E-state index in [1.54, 1.807) is 36.4 Å². The number of carbonyl (C=O) groups excluding carboxylic acids is 2. The number of anilines is 2. The van der Waals surface area contributed by atoms with Crippen molar-refractivity contribution < 1.29 is 23.5 Å². The number of hydrogen-bond acceptors (Lipinski definition) is 5. The Balaban J connectivity index is 1.55. The third-order valence-corrected chi connectivity index (χ3v) is 4.29. The third-order valence-electron chi connectivity index (χ3n) is 4.29. The van der Waals surface area contributed by atoms with Gasteiger partial charge in [-0.05, 0) is 61.9 Å². The van der Waals surface area contributed by atoms with Gasteiger partial charge in [0.15, 0.2) is 5.76 Å². The van der Waals surface area contributed by atoms with Crippen LogP contribution in [0.1, 0.15) is 27.4 Å². The first-order valence-corrected chi connectivity index (χ1v) is 9.43. The molecule has 1 aromatic heterocycles. The van der Waals surface area contributed by atoms with E-state index in [1.807, 2.05) is 32.0 Å². The second-order valence-corrected chi connectivity index (χ2v) is 6.84. The molecule has 156 valence electrons. The number of methoxy groups -OCH3 is 1. The minimum atomic E-state index is -0.371. The van der Waals surface area contributed by atoms with Gasteiger partial charge in [-0.2, -0.15) is 0 Å². The molecule has 0 spiro atoms. The van der Waals surface area contributed by atoms with Crippen LogP contribution in [0.3, 0.4) is 0 Å². The summed E-state index contributed by atoms with van der Waals surface area (Å²) < 4.78 is 16.1. The summed E-state index contributed by atoms with van der Waals surface area (Å²) in [7, 11) is 1.45. The molecule has 0 aliphatic carbocycles. The van der Waals surface area contributed by atoms with Crippen LogP contribution in [0.5, 0.6) is 5.75 Å². The van der Waals surface area contributed by atoms with Gasteiger partial charge in [-0.1, -0.05) is 17.7 Å². The molecule has 7 heteroatoms. The minimum absolute atomic E-state index is 0.0213. The average Bonchev–Trinajstić information content (AvgIpc) is 3.18. The van der Waals surface area contributed by atoms with Gasteiger partial charge in [0, 0.05) is 18.5 Å². The predicted octanol–water partition coefficient (Wildman–Crippen LogP) is 4.31. The number of benzene rings is 2. The van der Waals surface area contributed by atoms with Crippen LogP contribution in [0.2, 0.25) is 0 Å². The third kappa shape index (κ3) is 5.71. The molecule has 2 N–H and O–H groups in total. The van der Waals surface area contributed by atoms with Crippen molar-refractivity contribution in [1.82, 2.24) is 0 Å². The van der Waals surface area contributed by atoms with Crippen LogP contribution in [0, 0.1) is 13.8 Å². The highest BCUT2D eigenvalue weighted by Gasteiger charge is 2.12. The van der Waals surface area contributed by atoms with E-state index >= 15 is 0 Å². The number of nitrogens with one attached hydrogen (secondary N) is 2. The minimum Gasteiger partial charge on any atom is -0.485 e. The van der Waals surface area contributed by atoms with Crippen molar-refractivity contribution in [2.75, 3.05) is 24.4 Å². The maximum atomic E-state index is 12.4. The van der Waals surface area contributed by atoms with E-state index in [0.717, 1.165) is 11.3 Å². The van der Waals surface area contributed by atoms with Crippen LogP contribution < -0.4 is 15.4 Å². The lowest BCUT2D eigenvalue weighted by molar-refractivity contribution is -0.119. The molecule has 0 unspecified atom stereocenters. The van der Waals surface area contributed by atoms with Crippen LogP contribution in [0.15, 0.2) is 59.0 Å². The van der Waals surface area contributed by atoms with Crippen molar-refractivity contribution in [3.05, 3.63) is 77.2 Å². The average molecular weight is 408 g/mol. The standard InChI is InChI=1S/C23H24N2O5/c1-15-4-10-20(16(2)12-15)29-13-19-9-11-21(30-19)23(27)25-18-7-5-17(6-8-18)24-22(26)14-28-3/h4-12H,13-14H2,1-3H3,(H,24,26)(H,25,27). The normalized spacial score (nSPS) is 10.5. The topological polar surface area (TPSA) is 89.8 Å². The molecule has 3 rings (SSSR count). The Morgan fingerprint density at radius 1 is 0.933 bits per heavy atom.